The summed E-state index contributed by atoms with van der Waals surface area (Å²) in [6.07, 6.45) is 1.94. The summed E-state index contributed by atoms with van der Waals surface area (Å²) in [5, 5.41) is 0. The first-order valence-corrected chi connectivity index (χ1v) is 8.37. The molecule has 1 saturated heterocycles. The number of ketones is 1. The van der Waals surface area contributed by atoms with Gasteiger partial charge in [0.1, 0.15) is 11.6 Å². The monoisotopic (exact) mass is 335 g/mol. The molecule has 0 bridgehead atoms. The van der Waals surface area contributed by atoms with Crippen LogP contribution in [0.15, 0.2) is 18.2 Å². The molecule has 0 aliphatic carbocycles. The van der Waals surface area contributed by atoms with Crippen LogP contribution in [0, 0.1) is 17.2 Å². The number of nitrogens with zero attached hydrogens (tertiary/aromatic N) is 1. The first kappa shape index (κ1) is 18.4. The van der Waals surface area contributed by atoms with E-state index in [2.05, 4.69) is 0 Å². The quantitative estimate of drug-likeness (QED) is 0.788. The number of carbonyl (C=O) groups is 2. The maximum absolute atomic E-state index is 13.5. The molecule has 1 aliphatic rings. The molecule has 1 atom stereocenters. The zero-order valence-electron chi connectivity index (χ0n) is 14.9. The zero-order valence-corrected chi connectivity index (χ0v) is 14.9. The predicted molar refractivity (Wildman–Crippen MR) is 90.7 cm³/mol. The van der Waals surface area contributed by atoms with Gasteiger partial charge in [-0.05, 0) is 36.5 Å². The molecular formula is C19H26FNO3. The number of amides is 1. The van der Waals surface area contributed by atoms with Crippen LogP contribution < -0.4 is 4.74 Å². The molecule has 1 amide bonds. The molecule has 5 heteroatoms. The van der Waals surface area contributed by atoms with Crippen molar-refractivity contribution in [2.75, 3.05) is 20.2 Å². The van der Waals surface area contributed by atoms with Gasteiger partial charge in [0.25, 0.3) is 0 Å². The highest BCUT2D eigenvalue weighted by atomic mass is 19.1. The van der Waals surface area contributed by atoms with Gasteiger partial charge in [-0.15, -0.1) is 0 Å². The van der Waals surface area contributed by atoms with Gasteiger partial charge in [-0.25, -0.2) is 4.39 Å². The Morgan fingerprint density at radius 3 is 2.67 bits per heavy atom. The number of hydrogen-bond acceptors (Lipinski definition) is 3. The van der Waals surface area contributed by atoms with Crippen LogP contribution >= 0.6 is 0 Å². The van der Waals surface area contributed by atoms with Gasteiger partial charge < -0.3 is 9.64 Å². The molecule has 24 heavy (non-hydrogen) atoms. The van der Waals surface area contributed by atoms with E-state index >= 15 is 0 Å². The van der Waals surface area contributed by atoms with Gasteiger partial charge in [0, 0.05) is 25.4 Å². The minimum atomic E-state index is -0.462. The first-order chi connectivity index (χ1) is 11.2. The molecule has 2 rings (SSSR count). The van der Waals surface area contributed by atoms with E-state index in [4.69, 9.17) is 4.74 Å². The predicted octanol–water partition coefficient (Wildman–Crippen LogP) is 3.69. The Balaban J connectivity index is 2.13. The Morgan fingerprint density at radius 1 is 1.33 bits per heavy atom. The number of halogens is 1. The minimum Gasteiger partial charge on any atom is -0.496 e. The highest BCUT2D eigenvalue weighted by Gasteiger charge is 2.31. The normalized spacial score (nSPS) is 18.4. The Kier molecular flexibility index (Phi) is 5.62. The maximum atomic E-state index is 13.5. The average Bonchev–Trinajstić information content (AvgIpc) is 2.52. The lowest BCUT2D eigenvalue weighted by molar-refractivity contribution is -0.134. The largest absolute Gasteiger partial charge is 0.496 e. The van der Waals surface area contributed by atoms with Gasteiger partial charge >= 0.3 is 0 Å². The fourth-order valence-electron chi connectivity index (χ4n) is 3.08. The van der Waals surface area contributed by atoms with E-state index < -0.39 is 5.82 Å². The second-order valence-electron chi connectivity index (χ2n) is 7.63. The van der Waals surface area contributed by atoms with Crippen molar-refractivity contribution in [2.45, 2.75) is 40.0 Å². The van der Waals surface area contributed by atoms with Crippen molar-refractivity contribution in [3.05, 3.63) is 29.6 Å². The van der Waals surface area contributed by atoms with Crippen LogP contribution in [0.3, 0.4) is 0 Å². The molecule has 1 fully saturated rings. The molecule has 1 heterocycles. The van der Waals surface area contributed by atoms with Crippen molar-refractivity contribution in [1.29, 1.82) is 0 Å². The van der Waals surface area contributed by atoms with Crippen LogP contribution in [0.1, 0.15) is 50.4 Å². The van der Waals surface area contributed by atoms with Crippen LogP contribution in [0.2, 0.25) is 0 Å². The summed E-state index contributed by atoms with van der Waals surface area (Å²) in [7, 11) is 1.46. The lowest BCUT2D eigenvalue weighted by Crippen LogP contribution is -2.43. The van der Waals surface area contributed by atoms with Crippen LogP contribution in [-0.2, 0) is 4.79 Å². The third-order valence-corrected chi connectivity index (χ3v) is 4.25. The van der Waals surface area contributed by atoms with Gasteiger partial charge in [-0.2, -0.15) is 0 Å². The van der Waals surface area contributed by atoms with Gasteiger partial charge in [0.05, 0.1) is 12.7 Å². The number of hydrogen-bond donors (Lipinski definition) is 0. The summed E-state index contributed by atoms with van der Waals surface area (Å²) in [4.78, 5) is 27.0. The molecule has 1 aromatic rings. The molecule has 0 radical (unpaired) electrons. The number of likely N-dealkylation sites (tertiary alicyclic amines) is 1. The molecule has 1 aromatic carbocycles. The summed E-state index contributed by atoms with van der Waals surface area (Å²) in [6, 6.07) is 3.96. The summed E-state index contributed by atoms with van der Waals surface area (Å²) in [6.45, 7) is 7.14. The topological polar surface area (TPSA) is 46.6 Å². The zero-order chi connectivity index (χ0) is 17.9. The molecule has 4 nitrogen and oxygen atoms in total. The number of ether oxygens (including phenoxy) is 1. The van der Waals surface area contributed by atoms with Crippen molar-refractivity contribution in [1.82, 2.24) is 4.90 Å². The number of benzene rings is 1. The van der Waals surface area contributed by atoms with Gasteiger partial charge in [0.15, 0.2) is 5.78 Å². The van der Waals surface area contributed by atoms with E-state index in [-0.39, 0.29) is 28.6 Å². The van der Waals surface area contributed by atoms with Crippen molar-refractivity contribution in [3.63, 3.8) is 0 Å². The smallest absolute Gasteiger partial charge is 0.223 e. The Labute approximate surface area is 143 Å². The van der Waals surface area contributed by atoms with E-state index in [1.165, 1.54) is 25.3 Å². The highest BCUT2D eigenvalue weighted by Crippen LogP contribution is 2.28. The summed E-state index contributed by atoms with van der Waals surface area (Å²) in [5.74, 6) is -0.473. The molecule has 132 valence electrons. The number of piperidine rings is 1. The van der Waals surface area contributed by atoms with Crippen molar-refractivity contribution in [2.24, 2.45) is 11.3 Å². The fraction of sp³-hybridized carbons (Fsp3) is 0.579. The molecule has 0 spiro atoms. The molecule has 0 saturated carbocycles. The molecule has 1 aliphatic heterocycles. The number of rotatable bonds is 4. The van der Waals surface area contributed by atoms with Crippen LogP contribution in [0.25, 0.3) is 0 Å². The van der Waals surface area contributed by atoms with Gasteiger partial charge in [0.2, 0.25) is 5.91 Å². The molecule has 0 aromatic heterocycles. The lowest BCUT2D eigenvalue weighted by Gasteiger charge is -2.34. The second-order valence-corrected chi connectivity index (χ2v) is 7.63. The van der Waals surface area contributed by atoms with E-state index in [1.807, 2.05) is 20.8 Å². The summed E-state index contributed by atoms with van der Waals surface area (Å²) >= 11 is 0. The van der Waals surface area contributed by atoms with Crippen LogP contribution in [-0.4, -0.2) is 36.8 Å². The Bertz CT molecular complexity index is 622. The third kappa shape index (κ3) is 4.56. The SMILES string of the molecule is COc1ccc(F)cc1C(=O)[C@@H]1CCCN(C(=O)CC(C)(C)C)C1. The van der Waals surface area contributed by atoms with E-state index in [0.717, 1.165) is 6.42 Å². The van der Waals surface area contributed by atoms with Gasteiger partial charge in [-0.3, -0.25) is 9.59 Å². The standard InChI is InChI=1S/C19H26FNO3/c1-19(2,3)11-17(22)21-9-5-6-13(12-21)18(23)15-10-14(20)7-8-16(15)24-4/h7-8,10,13H,5-6,9,11-12H2,1-4H3/t13-/m1/s1. The number of methoxy groups -OCH3 is 1. The van der Waals surface area contributed by atoms with Crippen LogP contribution in [0.5, 0.6) is 5.75 Å². The minimum absolute atomic E-state index is 0.0752. The van der Waals surface area contributed by atoms with E-state index in [1.54, 1.807) is 4.90 Å². The maximum Gasteiger partial charge on any atom is 0.223 e. The molecular weight excluding hydrogens is 309 g/mol. The third-order valence-electron chi connectivity index (χ3n) is 4.25. The number of carbonyl (C=O) groups excluding carboxylic acids is 2. The van der Waals surface area contributed by atoms with Crippen LogP contribution in [0.4, 0.5) is 4.39 Å². The van der Waals surface area contributed by atoms with Crippen molar-refractivity contribution in [3.8, 4) is 5.75 Å². The van der Waals surface area contributed by atoms with Crippen molar-refractivity contribution >= 4 is 11.7 Å². The summed E-state index contributed by atoms with van der Waals surface area (Å²) < 4.78 is 18.7. The second kappa shape index (κ2) is 7.32. The summed E-state index contributed by atoms with van der Waals surface area (Å²) in [5.41, 5.74) is 0.174. The fourth-order valence-corrected chi connectivity index (χ4v) is 3.08. The highest BCUT2D eigenvalue weighted by molar-refractivity contribution is 6.00. The Hall–Kier alpha value is -1.91. The van der Waals surface area contributed by atoms with Gasteiger partial charge in [-0.1, -0.05) is 20.8 Å². The Morgan fingerprint density at radius 2 is 2.04 bits per heavy atom. The van der Waals surface area contributed by atoms with Crippen molar-refractivity contribution < 1.29 is 18.7 Å². The average molecular weight is 335 g/mol. The number of Topliss-reactive ketones (excluding diaryl/α,β-unsaturated/α-hetero) is 1. The van der Waals surface area contributed by atoms with E-state index in [9.17, 15) is 14.0 Å². The lowest BCUT2D eigenvalue weighted by atomic mass is 9.87. The molecule has 0 unspecified atom stereocenters. The first-order valence-electron chi connectivity index (χ1n) is 8.37. The van der Waals surface area contributed by atoms with E-state index in [0.29, 0.717) is 31.7 Å². The molecule has 0 N–H and O–H groups in total.